The fourth-order valence-corrected chi connectivity index (χ4v) is 4.64. The molecule has 0 aliphatic carbocycles. The second kappa shape index (κ2) is 22.3. The Hall–Kier alpha value is -0.580. The quantitative estimate of drug-likeness (QED) is 0.0871. The highest BCUT2D eigenvalue weighted by atomic mass is 16.7. The molecule has 0 radical (unpaired) electrons. The molecule has 0 amide bonds. The first-order valence-electron chi connectivity index (χ1n) is 15.0. The maximum absolute atomic E-state index is 10.8. The summed E-state index contributed by atoms with van der Waals surface area (Å²) in [7, 11) is 0. The molecule has 1 aliphatic rings. The summed E-state index contributed by atoms with van der Waals surface area (Å²) >= 11 is 0. The summed E-state index contributed by atoms with van der Waals surface area (Å²) in [5.74, 6) is 0. The van der Waals surface area contributed by atoms with Crippen molar-refractivity contribution in [3.05, 3.63) is 12.2 Å². The van der Waals surface area contributed by atoms with Gasteiger partial charge in [-0.15, -0.1) is 0 Å². The van der Waals surface area contributed by atoms with Gasteiger partial charge in [0.25, 0.3) is 0 Å². The number of aliphatic hydroxyl groups is 5. The summed E-state index contributed by atoms with van der Waals surface area (Å²) in [5, 5.41) is 53.6. The van der Waals surface area contributed by atoms with Crippen molar-refractivity contribution >= 4 is 0 Å². The molecule has 1 rings (SSSR count). The molecule has 0 bridgehead atoms. The lowest BCUT2D eigenvalue weighted by Gasteiger charge is -2.40. The molecule has 37 heavy (non-hydrogen) atoms. The van der Waals surface area contributed by atoms with E-state index in [-0.39, 0.29) is 6.61 Å². The number of hydrogen-bond acceptors (Lipinski definition) is 8. The lowest BCUT2D eigenvalue weighted by Crippen LogP contribution is -2.59. The van der Waals surface area contributed by atoms with Gasteiger partial charge >= 0.3 is 0 Å². The largest absolute Gasteiger partial charge is 0.394 e. The third-order valence-corrected chi connectivity index (χ3v) is 7.20. The summed E-state index contributed by atoms with van der Waals surface area (Å²) in [6.45, 7) is 4.64. The molecular formula is C29H57NO7. The van der Waals surface area contributed by atoms with Crippen LogP contribution in [0.1, 0.15) is 110 Å². The van der Waals surface area contributed by atoms with Gasteiger partial charge in [0.1, 0.15) is 24.4 Å². The van der Waals surface area contributed by atoms with E-state index in [9.17, 15) is 25.5 Å². The molecular weight excluding hydrogens is 474 g/mol. The van der Waals surface area contributed by atoms with Crippen molar-refractivity contribution in [1.29, 1.82) is 0 Å². The van der Waals surface area contributed by atoms with Crippen LogP contribution in [-0.2, 0) is 9.47 Å². The van der Waals surface area contributed by atoms with Crippen molar-refractivity contribution < 1.29 is 35.0 Å². The van der Waals surface area contributed by atoms with Crippen LogP contribution in [0.2, 0.25) is 0 Å². The van der Waals surface area contributed by atoms with Crippen LogP contribution in [0.25, 0.3) is 0 Å². The zero-order valence-electron chi connectivity index (χ0n) is 23.5. The van der Waals surface area contributed by atoms with Gasteiger partial charge in [-0.2, -0.15) is 0 Å². The SMILES string of the molecule is CCCCCCCCCCCCC/C=C/C(O)C(CO[C@@H]1O[C@H](CO)[C@@H](O)[C@H](O)[C@H]1O)NCCCCC. The Labute approximate surface area is 225 Å². The average Bonchev–Trinajstić information content (AvgIpc) is 2.90. The third-order valence-electron chi connectivity index (χ3n) is 7.20. The third kappa shape index (κ3) is 15.0. The van der Waals surface area contributed by atoms with Gasteiger partial charge in [0.2, 0.25) is 0 Å². The summed E-state index contributed by atoms with van der Waals surface area (Å²) in [5.41, 5.74) is 0. The van der Waals surface area contributed by atoms with Gasteiger partial charge in [-0.1, -0.05) is 103 Å². The Kier molecular flexibility index (Phi) is 20.7. The molecule has 0 spiro atoms. The van der Waals surface area contributed by atoms with Crippen molar-refractivity contribution in [3.63, 3.8) is 0 Å². The predicted octanol–water partition coefficient (Wildman–Crippen LogP) is 3.57. The van der Waals surface area contributed by atoms with Crippen molar-refractivity contribution in [2.45, 2.75) is 153 Å². The maximum Gasteiger partial charge on any atom is 0.186 e. The Morgan fingerprint density at radius 3 is 1.95 bits per heavy atom. The van der Waals surface area contributed by atoms with Gasteiger partial charge in [0.05, 0.1) is 25.4 Å². The van der Waals surface area contributed by atoms with E-state index in [1.807, 2.05) is 6.08 Å². The molecule has 2 unspecified atom stereocenters. The lowest BCUT2D eigenvalue weighted by atomic mass is 9.99. The normalized spacial score (nSPS) is 26.1. The number of aliphatic hydroxyl groups excluding tert-OH is 5. The molecule has 0 saturated carbocycles. The van der Waals surface area contributed by atoms with Crippen LogP contribution >= 0.6 is 0 Å². The maximum atomic E-state index is 10.8. The Morgan fingerprint density at radius 1 is 0.784 bits per heavy atom. The number of unbranched alkanes of at least 4 members (excludes halogenated alkanes) is 13. The van der Waals surface area contributed by atoms with E-state index in [2.05, 4.69) is 19.2 Å². The number of rotatable bonds is 23. The van der Waals surface area contributed by atoms with E-state index in [1.165, 1.54) is 64.2 Å². The minimum absolute atomic E-state index is 0.0404. The number of hydrogen-bond donors (Lipinski definition) is 6. The van der Waals surface area contributed by atoms with E-state index < -0.39 is 49.5 Å². The highest BCUT2D eigenvalue weighted by Crippen LogP contribution is 2.22. The molecule has 1 fully saturated rings. The smallest absolute Gasteiger partial charge is 0.186 e. The second-order valence-electron chi connectivity index (χ2n) is 10.5. The fourth-order valence-electron chi connectivity index (χ4n) is 4.64. The second-order valence-corrected chi connectivity index (χ2v) is 10.5. The van der Waals surface area contributed by atoms with Crippen LogP contribution in [0.15, 0.2) is 12.2 Å². The molecule has 0 aromatic carbocycles. The zero-order valence-corrected chi connectivity index (χ0v) is 23.5. The minimum atomic E-state index is -1.48. The van der Waals surface area contributed by atoms with Crippen LogP contribution in [0.5, 0.6) is 0 Å². The molecule has 0 aromatic rings. The van der Waals surface area contributed by atoms with Crippen LogP contribution < -0.4 is 5.32 Å². The Bertz CT molecular complexity index is 548. The summed E-state index contributed by atoms with van der Waals surface area (Å²) < 4.78 is 11.1. The topological polar surface area (TPSA) is 132 Å². The summed E-state index contributed by atoms with van der Waals surface area (Å²) in [4.78, 5) is 0. The Balaban J connectivity index is 2.36. The molecule has 8 heteroatoms. The van der Waals surface area contributed by atoms with E-state index in [4.69, 9.17) is 9.47 Å². The van der Waals surface area contributed by atoms with Crippen molar-refractivity contribution in [2.75, 3.05) is 19.8 Å². The highest BCUT2D eigenvalue weighted by molar-refractivity contribution is 4.96. The number of nitrogens with one attached hydrogen (secondary N) is 1. The predicted molar refractivity (Wildman–Crippen MR) is 147 cm³/mol. The first-order chi connectivity index (χ1) is 18.0. The van der Waals surface area contributed by atoms with Crippen LogP contribution in [-0.4, -0.2) is 88.1 Å². The molecule has 1 aliphatic heterocycles. The highest BCUT2D eigenvalue weighted by Gasteiger charge is 2.44. The van der Waals surface area contributed by atoms with Crippen molar-refractivity contribution in [3.8, 4) is 0 Å². The molecule has 6 N–H and O–H groups in total. The fraction of sp³-hybridized carbons (Fsp3) is 0.931. The first kappa shape index (κ1) is 34.4. The summed E-state index contributed by atoms with van der Waals surface area (Å²) in [6.07, 6.45) is 14.9. The van der Waals surface area contributed by atoms with Gasteiger partial charge in [-0.05, 0) is 25.8 Å². The molecule has 220 valence electrons. The van der Waals surface area contributed by atoms with Crippen molar-refractivity contribution in [2.24, 2.45) is 0 Å². The number of allylic oxidation sites excluding steroid dienone is 1. The average molecular weight is 532 g/mol. The number of ether oxygens (including phenoxy) is 2. The van der Waals surface area contributed by atoms with E-state index >= 15 is 0 Å². The molecule has 7 atom stereocenters. The Morgan fingerprint density at radius 2 is 1.35 bits per heavy atom. The van der Waals surface area contributed by atoms with Gasteiger partial charge in [-0.3, -0.25) is 0 Å². The monoisotopic (exact) mass is 531 g/mol. The standard InChI is InChI=1S/C29H57NO7/c1-3-5-7-8-9-10-11-12-13-14-15-16-17-19-24(32)23(30-20-18-6-4-2)22-36-29-28(35)27(34)26(33)25(21-31)37-29/h17,19,23-35H,3-16,18,20-22H2,1-2H3/b19-17+/t23?,24?,25-,26-,27+,28-,29-/m1/s1. The zero-order chi connectivity index (χ0) is 27.3. The van der Waals surface area contributed by atoms with Crippen molar-refractivity contribution in [1.82, 2.24) is 5.32 Å². The molecule has 1 saturated heterocycles. The first-order valence-corrected chi connectivity index (χ1v) is 15.0. The summed E-state index contributed by atoms with van der Waals surface area (Å²) in [6, 6.07) is -0.419. The van der Waals surface area contributed by atoms with Gasteiger partial charge in [-0.25, -0.2) is 0 Å². The van der Waals surface area contributed by atoms with Crippen LogP contribution in [0, 0.1) is 0 Å². The van der Waals surface area contributed by atoms with Gasteiger partial charge in [0, 0.05) is 0 Å². The van der Waals surface area contributed by atoms with E-state index in [0.717, 1.165) is 38.6 Å². The molecule has 1 heterocycles. The van der Waals surface area contributed by atoms with Crippen LogP contribution in [0.4, 0.5) is 0 Å². The van der Waals surface area contributed by atoms with Gasteiger partial charge < -0.3 is 40.3 Å². The minimum Gasteiger partial charge on any atom is -0.394 e. The van der Waals surface area contributed by atoms with Gasteiger partial charge in [0.15, 0.2) is 6.29 Å². The molecule has 8 nitrogen and oxygen atoms in total. The van der Waals surface area contributed by atoms with E-state index in [0.29, 0.717) is 0 Å². The van der Waals surface area contributed by atoms with Crippen LogP contribution in [0.3, 0.4) is 0 Å². The molecule has 0 aromatic heterocycles. The lowest BCUT2D eigenvalue weighted by molar-refractivity contribution is -0.302. The van der Waals surface area contributed by atoms with E-state index in [1.54, 1.807) is 6.08 Å².